The van der Waals surface area contributed by atoms with E-state index in [1.807, 2.05) is 12.1 Å². The molecule has 0 aliphatic heterocycles. The van der Waals surface area contributed by atoms with Crippen LogP contribution in [0.15, 0.2) is 30.5 Å². The Labute approximate surface area is 257 Å². The summed E-state index contributed by atoms with van der Waals surface area (Å²) in [6.07, 6.45) is 6.24. The number of rotatable bonds is 8. The van der Waals surface area contributed by atoms with Crippen molar-refractivity contribution in [3.05, 3.63) is 67.6 Å². The summed E-state index contributed by atoms with van der Waals surface area (Å²) in [6.45, 7) is 8.83. The molecule has 0 bridgehead atoms. The van der Waals surface area contributed by atoms with Crippen LogP contribution in [0.5, 0.6) is 0 Å². The lowest BCUT2D eigenvalue weighted by Crippen LogP contribution is -2.23. The minimum Gasteiger partial charge on any atom is -0.383 e. The molecule has 0 radical (unpaired) electrons. The Morgan fingerprint density at radius 3 is 2.66 bits per heavy atom. The first-order chi connectivity index (χ1) is 19.5. The van der Waals surface area contributed by atoms with Crippen LogP contribution in [0.1, 0.15) is 75.0 Å². The van der Waals surface area contributed by atoms with Crippen LogP contribution in [0.3, 0.4) is 0 Å². The van der Waals surface area contributed by atoms with Crippen molar-refractivity contribution in [2.45, 2.75) is 65.0 Å². The molecule has 8 nitrogen and oxygen atoms in total. The van der Waals surface area contributed by atoms with Crippen LogP contribution in [0, 0.1) is 39.2 Å². The zero-order valence-corrected chi connectivity index (χ0v) is 26.3. The van der Waals surface area contributed by atoms with Crippen LogP contribution in [-0.4, -0.2) is 31.5 Å². The number of nitrogens with one attached hydrogen (secondary N) is 2. The highest BCUT2D eigenvalue weighted by atomic mass is 127. The van der Waals surface area contributed by atoms with Gasteiger partial charge in [0, 0.05) is 35.1 Å². The number of fused-ring (bicyclic) bond motifs is 1. The van der Waals surface area contributed by atoms with Gasteiger partial charge in [-0.05, 0) is 84.7 Å². The molecule has 11 heteroatoms. The second-order valence-corrected chi connectivity index (χ2v) is 13.8. The van der Waals surface area contributed by atoms with Gasteiger partial charge in [-0.3, -0.25) is 4.98 Å². The first-order valence-corrected chi connectivity index (χ1v) is 15.2. The van der Waals surface area contributed by atoms with E-state index in [9.17, 15) is 9.65 Å². The molecule has 2 aliphatic carbocycles. The van der Waals surface area contributed by atoms with E-state index in [4.69, 9.17) is 11.6 Å². The van der Waals surface area contributed by atoms with Crippen molar-refractivity contribution in [2.24, 2.45) is 11.3 Å². The second kappa shape index (κ2) is 10.3. The third-order valence-corrected chi connectivity index (χ3v) is 9.29. The van der Waals surface area contributed by atoms with Crippen molar-refractivity contribution in [3.8, 4) is 6.07 Å². The van der Waals surface area contributed by atoms with Gasteiger partial charge in [-0.25, -0.2) is 9.67 Å². The minimum absolute atomic E-state index is 0.0118. The van der Waals surface area contributed by atoms with Gasteiger partial charge in [0.1, 0.15) is 21.5 Å². The Balaban J connectivity index is 1.46. The maximum Gasteiger partial charge on any atom is 0.213 e. The normalized spacial score (nSPS) is 16.8. The van der Waals surface area contributed by atoms with E-state index in [2.05, 4.69) is 85.0 Å². The van der Waals surface area contributed by atoms with E-state index in [0.717, 1.165) is 33.2 Å². The standard InChI is InChI=1S/C30H31ClFIN8/c1-16-20(7-8-23(32)37-16)26(27-28(33)41(40-39-27)30(9-10-30)18-5-6-18)38-19-11-21-24(36-15-29(2,3)4)17(13-34)14-35-25(21)22(31)12-19/h7-8,11-12,14,18,26,38H,5-6,9-10,15H2,1-4H3,(H,35,36). The Morgan fingerprint density at radius 2 is 2.02 bits per heavy atom. The Kier molecular flexibility index (Phi) is 7.09. The zero-order chi connectivity index (χ0) is 29.1. The number of benzene rings is 1. The fraction of sp³-hybridized carbons (Fsp3) is 0.433. The molecule has 2 fully saturated rings. The van der Waals surface area contributed by atoms with Crippen molar-refractivity contribution in [1.82, 2.24) is 25.0 Å². The van der Waals surface area contributed by atoms with Crippen LogP contribution < -0.4 is 10.6 Å². The van der Waals surface area contributed by atoms with Gasteiger partial charge in [-0.15, -0.1) is 5.10 Å². The number of pyridine rings is 2. The number of aryl methyl sites for hydroxylation is 1. The average molecular weight is 685 g/mol. The molecule has 2 saturated carbocycles. The summed E-state index contributed by atoms with van der Waals surface area (Å²) in [5, 5.41) is 27.4. The van der Waals surface area contributed by atoms with Gasteiger partial charge in [0.25, 0.3) is 0 Å². The molecule has 2 aliphatic rings. The third-order valence-electron chi connectivity index (χ3n) is 7.99. The number of hydrogen-bond donors (Lipinski definition) is 2. The number of nitriles is 1. The summed E-state index contributed by atoms with van der Waals surface area (Å²) >= 11 is 9.12. The highest BCUT2D eigenvalue weighted by molar-refractivity contribution is 14.1. The maximum absolute atomic E-state index is 14.1. The van der Waals surface area contributed by atoms with Gasteiger partial charge in [-0.1, -0.05) is 43.7 Å². The molecule has 0 saturated heterocycles. The Morgan fingerprint density at radius 1 is 1.27 bits per heavy atom. The van der Waals surface area contributed by atoms with Crippen molar-refractivity contribution in [1.29, 1.82) is 5.26 Å². The third kappa shape index (κ3) is 5.34. The Bertz CT molecular complexity index is 1700. The number of nitrogens with zero attached hydrogens (tertiary/aromatic N) is 6. The Hall–Kier alpha value is -3.04. The summed E-state index contributed by atoms with van der Waals surface area (Å²) in [5.74, 6) is 0.124. The van der Waals surface area contributed by atoms with Gasteiger partial charge in [-0.2, -0.15) is 9.65 Å². The summed E-state index contributed by atoms with van der Waals surface area (Å²) in [7, 11) is 0. The van der Waals surface area contributed by atoms with E-state index in [-0.39, 0.29) is 11.0 Å². The molecule has 4 aromatic rings. The van der Waals surface area contributed by atoms with E-state index < -0.39 is 12.0 Å². The molecule has 1 atom stereocenters. The largest absolute Gasteiger partial charge is 0.383 e. The lowest BCUT2D eigenvalue weighted by molar-refractivity contribution is 0.364. The molecule has 2 N–H and O–H groups in total. The van der Waals surface area contributed by atoms with E-state index in [1.165, 1.54) is 18.9 Å². The molecular formula is C30H31ClFIN8. The van der Waals surface area contributed by atoms with Gasteiger partial charge >= 0.3 is 0 Å². The molecule has 3 aromatic heterocycles. The van der Waals surface area contributed by atoms with Crippen molar-refractivity contribution >= 4 is 56.5 Å². The van der Waals surface area contributed by atoms with Crippen molar-refractivity contribution in [3.63, 3.8) is 0 Å². The van der Waals surface area contributed by atoms with Crippen molar-refractivity contribution < 1.29 is 4.39 Å². The number of halogens is 3. The van der Waals surface area contributed by atoms with Gasteiger partial charge in [0.2, 0.25) is 5.95 Å². The molecule has 0 amide bonds. The SMILES string of the molecule is Cc1nc(F)ccc1C(Nc1cc(Cl)c2ncc(C#N)c(NCC(C)(C)C)c2c1)c1nnn(C2(C3CC3)CC2)c1I. The number of aromatic nitrogens is 5. The monoisotopic (exact) mass is 684 g/mol. The van der Waals surface area contributed by atoms with E-state index in [0.29, 0.717) is 45.6 Å². The molecule has 1 aromatic carbocycles. The first kappa shape index (κ1) is 28.1. The summed E-state index contributed by atoms with van der Waals surface area (Å²) in [5.41, 5.74) is 4.60. The van der Waals surface area contributed by atoms with Crippen LogP contribution in [0.2, 0.25) is 5.02 Å². The lowest BCUT2D eigenvalue weighted by Gasteiger charge is -2.23. The molecule has 1 unspecified atom stereocenters. The van der Waals surface area contributed by atoms with Gasteiger partial charge in [0.15, 0.2) is 0 Å². The molecule has 6 rings (SSSR count). The summed E-state index contributed by atoms with van der Waals surface area (Å²) < 4.78 is 17.1. The van der Waals surface area contributed by atoms with Crippen molar-refractivity contribution in [2.75, 3.05) is 17.2 Å². The van der Waals surface area contributed by atoms with Crippen LogP contribution >= 0.6 is 34.2 Å². The molecule has 3 heterocycles. The summed E-state index contributed by atoms with van der Waals surface area (Å²) in [6, 6.07) is 8.67. The highest BCUT2D eigenvalue weighted by Crippen LogP contribution is 2.59. The quantitative estimate of drug-likeness (QED) is 0.148. The summed E-state index contributed by atoms with van der Waals surface area (Å²) in [4.78, 5) is 8.59. The topological polar surface area (TPSA) is 104 Å². The number of hydrogen-bond acceptors (Lipinski definition) is 7. The fourth-order valence-corrected chi connectivity index (χ4v) is 6.83. The average Bonchev–Trinajstić information content (AvgIpc) is 3.83. The van der Waals surface area contributed by atoms with Gasteiger partial charge < -0.3 is 10.6 Å². The van der Waals surface area contributed by atoms with Crippen LogP contribution in [0.4, 0.5) is 15.8 Å². The van der Waals surface area contributed by atoms with Crippen LogP contribution in [0.25, 0.3) is 10.9 Å². The molecule has 212 valence electrons. The second-order valence-electron chi connectivity index (χ2n) is 12.4. The van der Waals surface area contributed by atoms with E-state index >= 15 is 0 Å². The van der Waals surface area contributed by atoms with Crippen LogP contribution in [-0.2, 0) is 5.54 Å². The van der Waals surface area contributed by atoms with E-state index in [1.54, 1.807) is 19.2 Å². The predicted octanol–water partition coefficient (Wildman–Crippen LogP) is 7.36. The molecular weight excluding hydrogens is 654 g/mol. The van der Waals surface area contributed by atoms with Gasteiger partial charge in [0.05, 0.1) is 27.3 Å². The molecule has 41 heavy (non-hydrogen) atoms. The highest BCUT2D eigenvalue weighted by Gasteiger charge is 2.57. The fourth-order valence-electron chi connectivity index (χ4n) is 5.56. The smallest absolute Gasteiger partial charge is 0.213 e. The number of anilines is 2. The lowest BCUT2D eigenvalue weighted by atomic mass is 9.96. The maximum atomic E-state index is 14.1. The molecule has 0 spiro atoms. The predicted molar refractivity (Wildman–Crippen MR) is 166 cm³/mol. The first-order valence-electron chi connectivity index (χ1n) is 13.8. The minimum atomic E-state index is -0.535. The zero-order valence-electron chi connectivity index (χ0n) is 23.4.